The lowest BCUT2D eigenvalue weighted by Gasteiger charge is -2.15. The highest BCUT2D eigenvalue weighted by molar-refractivity contribution is 4.90. The van der Waals surface area contributed by atoms with E-state index in [0.717, 1.165) is 6.54 Å². The molecule has 41 valence electrons. The molecule has 1 N–H and O–H groups in total. The molecule has 7 heavy (non-hydrogen) atoms. The molecule has 1 heterocycles. The Morgan fingerprint density at radius 1 is 1.71 bits per heavy atom. The molecule has 0 saturated carbocycles. The number of hydrogen-bond acceptors (Lipinski definition) is 1. The van der Waals surface area contributed by atoms with Gasteiger partial charge in [0, 0.05) is 5.54 Å². The Hall–Kier alpha value is -0.0400. The predicted molar refractivity (Wildman–Crippen MR) is 31.0 cm³/mol. The first-order chi connectivity index (χ1) is 3.21. The van der Waals surface area contributed by atoms with Gasteiger partial charge in [-0.1, -0.05) is 0 Å². The molecule has 1 unspecified atom stereocenters. The van der Waals surface area contributed by atoms with E-state index < -0.39 is 0 Å². The molecule has 1 saturated heterocycles. The first kappa shape index (κ1) is 5.10. The smallest absolute Gasteiger partial charge is 0.0154 e. The second kappa shape index (κ2) is 1.48. The Kier molecular flexibility index (Phi) is 1.08. The van der Waals surface area contributed by atoms with Gasteiger partial charge in [0.2, 0.25) is 0 Å². The summed E-state index contributed by atoms with van der Waals surface area (Å²) < 4.78 is 0. The molecule has 0 aromatic heterocycles. The van der Waals surface area contributed by atoms with E-state index in [-0.39, 0.29) is 5.54 Å². The molecule has 1 radical (unpaired) electrons. The maximum atomic E-state index is 3.96. The molecule has 0 aliphatic carbocycles. The normalized spacial score (nSPS) is 28.3. The highest BCUT2D eigenvalue weighted by atomic mass is 15.0. The van der Waals surface area contributed by atoms with Gasteiger partial charge in [0.15, 0.2) is 0 Å². The van der Waals surface area contributed by atoms with Crippen molar-refractivity contribution in [1.29, 1.82) is 0 Å². The standard InChI is InChI=1S/C6H12N/c1-6(2)4-3-5-7-6/h7H,1,3-5H2,2H3. The number of nitrogens with one attached hydrogen (secondary N) is 1. The minimum Gasteiger partial charge on any atom is -0.312 e. The van der Waals surface area contributed by atoms with Gasteiger partial charge in [0.25, 0.3) is 0 Å². The molecular formula is C6H12N. The van der Waals surface area contributed by atoms with Gasteiger partial charge in [0.05, 0.1) is 0 Å². The highest BCUT2D eigenvalue weighted by Crippen LogP contribution is 2.15. The van der Waals surface area contributed by atoms with Crippen LogP contribution in [0.15, 0.2) is 0 Å². The molecule has 0 bridgehead atoms. The maximum absolute atomic E-state index is 3.96. The summed E-state index contributed by atoms with van der Waals surface area (Å²) in [6.07, 6.45) is 2.52. The summed E-state index contributed by atoms with van der Waals surface area (Å²) >= 11 is 0. The largest absolute Gasteiger partial charge is 0.312 e. The zero-order valence-electron chi connectivity index (χ0n) is 4.83. The van der Waals surface area contributed by atoms with Crippen molar-refractivity contribution >= 4 is 0 Å². The second-order valence-electron chi connectivity index (χ2n) is 2.59. The average molecular weight is 98.2 g/mol. The summed E-state index contributed by atoms with van der Waals surface area (Å²) in [5.41, 5.74) is 0.194. The Labute approximate surface area is 45.1 Å². The quantitative estimate of drug-likeness (QED) is 0.476. The lowest BCUT2D eigenvalue weighted by atomic mass is 10.0. The summed E-state index contributed by atoms with van der Waals surface area (Å²) in [5.74, 6) is 0. The number of hydrogen-bond donors (Lipinski definition) is 1. The Balaban J connectivity index is 2.40. The van der Waals surface area contributed by atoms with E-state index in [9.17, 15) is 0 Å². The first-order valence-electron chi connectivity index (χ1n) is 2.81. The van der Waals surface area contributed by atoms with Crippen molar-refractivity contribution in [3.8, 4) is 0 Å². The summed E-state index contributed by atoms with van der Waals surface area (Å²) in [6, 6.07) is 0. The Bertz CT molecular complexity index is 58.6. The van der Waals surface area contributed by atoms with Crippen LogP contribution in [-0.2, 0) is 0 Å². The molecule has 1 fully saturated rings. The molecule has 0 aromatic carbocycles. The van der Waals surface area contributed by atoms with Crippen LogP contribution in [0.2, 0.25) is 0 Å². The Morgan fingerprint density at radius 2 is 2.43 bits per heavy atom. The van der Waals surface area contributed by atoms with E-state index >= 15 is 0 Å². The van der Waals surface area contributed by atoms with Gasteiger partial charge in [-0.2, -0.15) is 0 Å². The lowest BCUT2D eigenvalue weighted by molar-refractivity contribution is 0.515. The van der Waals surface area contributed by atoms with Gasteiger partial charge in [-0.15, -0.1) is 0 Å². The molecule has 0 aromatic rings. The zero-order chi connectivity index (χ0) is 5.33. The monoisotopic (exact) mass is 98.1 g/mol. The van der Waals surface area contributed by atoms with Gasteiger partial charge in [-0.25, -0.2) is 0 Å². The zero-order valence-corrected chi connectivity index (χ0v) is 4.83. The van der Waals surface area contributed by atoms with Crippen LogP contribution in [0.1, 0.15) is 19.8 Å². The molecular weight excluding hydrogens is 86.1 g/mol. The van der Waals surface area contributed by atoms with E-state index in [1.54, 1.807) is 0 Å². The van der Waals surface area contributed by atoms with Gasteiger partial charge in [-0.05, 0) is 33.2 Å². The summed E-state index contributed by atoms with van der Waals surface area (Å²) in [6.45, 7) is 7.25. The highest BCUT2D eigenvalue weighted by Gasteiger charge is 2.20. The fourth-order valence-electron chi connectivity index (χ4n) is 0.957. The third-order valence-electron chi connectivity index (χ3n) is 1.46. The fraction of sp³-hybridized carbons (Fsp3) is 0.833. The van der Waals surface area contributed by atoms with E-state index in [4.69, 9.17) is 0 Å². The Morgan fingerprint density at radius 3 is 2.57 bits per heavy atom. The van der Waals surface area contributed by atoms with Gasteiger partial charge in [-0.3, -0.25) is 0 Å². The molecule has 1 aliphatic heterocycles. The predicted octanol–water partition coefficient (Wildman–Crippen LogP) is 0.963. The van der Waals surface area contributed by atoms with Gasteiger partial charge < -0.3 is 5.32 Å². The van der Waals surface area contributed by atoms with Crippen molar-refractivity contribution < 1.29 is 0 Å². The van der Waals surface area contributed by atoms with Crippen LogP contribution >= 0.6 is 0 Å². The van der Waals surface area contributed by atoms with E-state index in [1.807, 2.05) is 0 Å². The minimum atomic E-state index is 0.194. The van der Waals surface area contributed by atoms with Crippen molar-refractivity contribution in [3.63, 3.8) is 0 Å². The van der Waals surface area contributed by atoms with Crippen LogP contribution < -0.4 is 5.32 Å². The van der Waals surface area contributed by atoms with Crippen LogP contribution in [-0.4, -0.2) is 12.1 Å². The van der Waals surface area contributed by atoms with Crippen molar-refractivity contribution in [2.24, 2.45) is 0 Å². The van der Waals surface area contributed by atoms with E-state index in [0.29, 0.717) is 0 Å². The molecule has 1 heteroatoms. The third-order valence-corrected chi connectivity index (χ3v) is 1.46. The SMILES string of the molecule is [CH2]C1(C)CCCN1. The van der Waals surface area contributed by atoms with Crippen molar-refractivity contribution in [1.82, 2.24) is 5.32 Å². The van der Waals surface area contributed by atoms with E-state index in [2.05, 4.69) is 19.2 Å². The van der Waals surface area contributed by atoms with Crippen LogP contribution in [0.25, 0.3) is 0 Å². The maximum Gasteiger partial charge on any atom is 0.0154 e. The summed E-state index contributed by atoms with van der Waals surface area (Å²) in [7, 11) is 0. The van der Waals surface area contributed by atoms with Crippen LogP contribution in [0.3, 0.4) is 0 Å². The molecule has 1 aliphatic rings. The van der Waals surface area contributed by atoms with Crippen molar-refractivity contribution in [2.75, 3.05) is 6.54 Å². The fourth-order valence-corrected chi connectivity index (χ4v) is 0.957. The summed E-state index contributed by atoms with van der Waals surface area (Å²) in [5, 5.41) is 3.28. The topological polar surface area (TPSA) is 12.0 Å². The molecule has 1 atom stereocenters. The summed E-state index contributed by atoms with van der Waals surface area (Å²) in [4.78, 5) is 0. The molecule has 0 spiro atoms. The second-order valence-corrected chi connectivity index (χ2v) is 2.59. The minimum absolute atomic E-state index is 0.194. The van der Waals surface area contributed by atoms with E-state index in [1.165, 1.54) is 12.8 Å². The first-order valence-corrected chi connectivity index (χ1v) is 2.81. The van der Waals surface area contributed by atoms with Crippen LogP contribution in [0.4, 0.5) is 0 Å². The molecule has 0 amide bonds. The van der Waals surface area contributed by atoms with Crippen molar-refractivity contribution in [3.05, 3.63) is 6.92 Å². The molecule has 1 rings (SSSR count). The van der Waals surface area contributed by atoms with Gasteiger partial charge >= 0.3 is 0 Å². The van der Waals surface area contributed by atoms with Crippen LogP contribution in [0.5, 0.6) is 0 Å². The third kappa shape index (κ3) is 1.16. The number of rotatable bonds is 0. The average Bonchev–Trinajstić information content (AvgIpc) is 1.84. The van der Waals surface area contributed by atoms with Gasteiger partial charge in [0.1, 0.15) is 0 Å². The van der Waals surface area contributed by atoms with Crippen molar-refractivity contribution in [2.45, 2.75) is 25.3 Å². The molecule has 1 nitrogen and oxygen atoms in total. The van der Waals surface area contributed by atoms with Crippen LogP contribution in [0, 0.1) is 6.92 Å². The lowest BCUT2D eigenvalue weighted by Crippen LogP contribution is -2.32.